The molecule has 0 atom stereocenters. The minimum absolute atomic E-state index is 0.0707. The SMILES string of the molecule is O=C(Nc1ccccc1C(=O)NCC(F)(F)F)c1csc(-c2ccccc2)n1. The first-order valence-corrected chi connectivity index (χ1v) is 8.98. The molecule has 1 heterocycles. The summed E-state index contributed by atoms with van der Waals surface area (Å²) in [5.74, 6) is -1.49. The van der Waals surface area contributed by atoms with E-state index in [9.17, 15) is 22.8 Å². The van der Waals surface area contributed by atoms with Crippen molar-refractivity contribution in [3.8, 4) is 10.6 Å². The molecule has 0 unspecified atom stereocenters. The number of carbonyl (C=O) groups is 2. The molecule has 0 fully saturated rings. The number of halogens is 3. The Hall–Kier alpha value is -3.20. The van der Waals surface area contributed by atoms with Crippen LogP contribution in [0.15, 0.2) is 60.0 Å². The van der Waals surface area contributed by atoms with Gasteiger partial charge < -0.3 is 10.6 Å². The van der Waals surface area contributed by atoms with Crippen molar-refractivity contribution < 1.29 is 22.8 Å². The molecule has 2 N–H and O–H groups in total. The fourth-order valence-electron chi connectivity index (χ4n) is 2.34. The third kappa shape index (κ3) is 4.95. The zero-order chi connectivity index (χ0) is 20.1. The van der Waals surface area contributed by atoms with Crippen LogP contribution in [0.4, 0.5) is 18.9 Å². The van der Waals surface area contributed by atoms with E-state index >= 15 is 0 Å². The van der Waals surface area contributed by atoms with Crippen molar-refractivity contribution in [2.45, 2.75) is 6.18 Å². The van der Waals surface area contributed by atoms with Crippen LogP contribution in [0.5, 0.6) is 0 Å². The maximum absolute atomic E-state index is 12.5. The van der Waals surface area contributed by atoms with Crippen LogP contribution in [0.2, 0.25) is 0 Å². The fourth-order valence-corrected chi connectivity index (χ4v) is 3.15. The summed E-state index contributed by atoms with van der Waals surface area (Å²) in [6.07, 6.45) is -4.53. The normalized spacial score (nSPS) is 11.1. The molecule has 0 aliphatic rings. The van der Waals surface area contributed by atoms with Crippen LogP contribution in [-0.4, -0.2) is 29.5 Å². The highest BCUT2D eigenvalue weighted by molar-refractivity contribution is 7.13. The summed E-state index contributed by atoms with van der Waals surface area (Å²) in [5, 5.41) is 6.55. The smallest absolute Gasteiger partial charge is 0.343 e. The van der Waals surface area contributed by atoms with Crippen molar-refractivity contribution in [1.29, 1.82) is 0 Å². The molecular weight excluding hydrogens is 391 g/mol. The number of amides is 2. The lowest BCUT2D eigenvalue weighted by atomic mass is 10.1. The topological polar surface area (TPSA) is 71.1 Å². The van der Waals surface area contributed by atoms with Gasteiger partial charge in [0.25, 0.3) is 11.8 Å². The van der Waals surface area contributed by atoms with E-state index in [0.29, 0.717) is 5.01 Å². The Morgan fingerprint density at radius 3 is 2.36 bits per heavy atom. The number of hydrogen-bond donors (Lipinski definition) is 2. The summed E-state index contributed by atoms with van der Waals surface area (Å²) in [6.45, 7) is -1.46. The van der Waals surface area contributed by atoms with E-state index < -0.39 is 24.5 Å². The summed E-state index contributed by atoms with van der Waals surface area (Å²) < 4.78 is 36.9. The number of nitrogens with zero attached hydrogens (tertiary/aromatic N) is 1. The number of nitrogens with one attached hydrogen (secondary N) is 2. The Morgan fingerprint density at radius 2 is 1.64 bits per heavy atom. The van der Waals surface area contributed by atoms with E-state index in [-0.39, 0.29) is 16.9 Å². The molecule has 0 saturated heterocycles. The van der Waals surface area contributed by atoms with Gasteiger partial charge in [-0.25, -0.2) is 4.98 Å². The second-order valence-corrected chi connectivity index (χ2v) is 6.56. The molecule has 28 heavy (non-hydrogen) atoms. The van der Waals surface area contributed by atoms with Crippen LogP contribution in [0, 0.1) is 0 Å². The molecule has 0 saturated carbocycles. The number of alkyl halides is 3. The summed E-state index contributed by atoms with van der Waals surface area (Å²) in [7, 11) is 0. The molecule has 0 spiro atoms. The number of hydrogen-bond acceptors (Lipinski definition) is 4. The van der Waals surface area contributed by atoms with Gasteiger partial charge in [-0.15, -0.1) is 11.3 Å². The number of anilines is 1. The Labute approximate surface area is 162 Å². The second-order valence-electron chi connectivity index (χ2n) is 5.70. The number of para-hydroxylation sites is 1. The van der Waals surface area contributed by atoms with Gasteiger partial charge in [-0.2, -0.15) is 13.2 Å². The van der Waals surface area contributed by atoms with Crippen molar-refractivity contribution in [3.63, 3.8) is 0 Å². The molecule has 144 valence electrons. The third-order valence-corrected chi connectivity index (χ3v) is 4.52. The molecule has 0 aliphatic heterocycles. The quantitative estimate of drug-likeness (QED) is 0.663. The minimum atomic E-state index is -4.53. The van der Waals surface area contributed by atoms with Gasteiger partial charge in [0.05, 0.1) is 11.3 Å². The highest BCUT2D eigenvalue weighted by Gasteiger charge is 2.28. The van der Waals surface area contributed by atoms with Crippen LogP contribution in [0.1, 0.15) is 20.8 Å². The molecule has 3 rings (SSSR count). The van der Waals surface area contributed by atoms with Crippen LogP contribution in [-0.2, 0) is 0 Å². The van der Waals surface area contributed by atoms with Gasteiger partial charge in [0.15, 0.2) is 0 Å². The van der Waals surface area contributed by atoms with Crippen molar-refractivity contribution >= 4 is 28.8 Å². The summed E-state index contributed by atoms with van der Waals surface area (Å²) in [6, 6.07) is 15.1. The van der Waals surface area contributed by atoms with Gasteiger partial charge in [-0.05, 0) is 12.1 Å². The molecule has 0 radical (unpaired) electrons. The lowest BCUT2D eigenvalue weighted by molar-refractivity contribution is -0.123. The third-order valence-electron chi connectivity index (χ3n) is 3.63. The molecule has 1 aromatic heterocycles. The Balaban J connectivity index is 1.75. The van der Waals surface area contributed by atoms with E-state index in [1.54, 1.807) is 16.8 Å². The number of benzene rings is 2. The molecule has 0 bridgehead atoms. The summed E-state index contributed by atoms with van der Waals surface area (Å²) in [4.78, 5) is 28.8. The lowest BCUT2D eigenvalue weighted by Gasteiger charge is -2.12. The average molecular weight is 405 g/mol. The van der Waals surface area contributed by atoms with E-state index in [0.717, 1.165) is 5.56 Å². The highest BCUT2D eigenvalue weighted by Crippen LogP contribution is 2.24. The molecule has 9 heteroatoms. The average Bonchev–Trinajstić information content (AvgIpc) is 3.17. The van der Waals surface area contributed by atoms with Crippen molar-refractivity contribution in [1.82, 2.24) is 10.3 Å². The molecule has 2 aromatic carbocycles. The van der Waals surface area contributed by atoms with Crippen molar-refractivity contribution in [2.75, 3.05) is 11.9 Å². The maximum atomic E-state index is 12.5. The van der Waals surface area contributed by atoms with Gasteiger partial charge in [0.1, 0.15) is 17.2 Å². The maximum Gasteiger partial charge on any atom is 0.405 e. The predicted octanol–water partition coefficient (Wildman–Crippen LogP) is 4.35. The lowest BCUT2D eigenvalue weighted by Crippen LogP contribution is -2.34. The van der Waals surface area contributed by atoms with Gasteiger partial charge in [-0.3, -0.25) is 9.59 Å². The molecule has 3 aromatic rings. The first-order valence-electron chi connectivity index (χ1n) is 8.10. The van der Waals surface area contributed by atoms with Crippen molar-refractivity contribution in [3.05, 3.63) is 71.2 Å². The summed E-state index contributed by atoms with van der Waals surface area (Å²) >= 11 is 1.29. The molecule has 2 amide bonds. The second kappa shape index (κ2) is 8.22. The van der Waals surface area contributed by atoms with Crippen molar-refractivity contribution in [2.24, 2.45) is 0 Å². The molecule has 5 nitrogen and oxygen atoms in total. The van der Waals surface area contributed by atoms with E-state index in [2.05, 4.69) is 10.3 Å². The van der Waals surface area contributed by atoms with Gasteiger partial charge in [0.2, 0.25) is 0 Å². The molecule has 0 aliphatic carbocycles. The monoisotopic (exact) mass is 405 g/mol. The minimum Gasteiger partial charge on any atom is -0.343 e. The van der Waals surface area contributed by atoms with Gasteiger partial charge in [-0.1, -0.05) is 42.5 Å². The largest absolute Gasteiger partial charge is 0.405 e. The number of thiazole rings is 1. The zero-order valence-corrected chi connectivity index (χ0v) is 15.1. The van der Waals surface area contributed by atoms with Crippen LogP contribution in [0.25, 0.3) is 10.6 Å². The Bertz CT molecular complexity index is 987. The standard InChI is InChI=1S/C19H14F3N3O2S/c20-19(21,22)11-23-16(26)13-8-4-5-9-14(13)24-17(27)15-10-28-18(25-15)12-6-2-1-3-7-12/h1-10H,11H2,(H,23,26)(H,24,27). The Kier molecular flexibility index (Phi) is 5.74. The van der Waals surface area contributed by atoms with Gasteiger partial charge >= 0.3 is 6.18 Å². The zero-order valence-electron chi connectivity index (χ0n) is 14.3. The van der Waals surface area contributed by atoms with E-state index in [4.69, 9.17) is 0 Å². The van der Waals surface area contributed by atoms with Gasteiger partial charge in [0, 0.05) is 10.9 Å². The number of aromatic nitrogens is 1. The fraction of sp³-hybridized carbons (Fsp3) is 0.105. The van der Waals surface area contributed by atoms with E-state index in [1.165, 1.54) is 29.5 Å². The summed E-state index contributed by atoms with van der Waals surface area (Å²) in [5.41, 5.74) is 1.04. The number of rotatable bonds is 5. The first kappa shape index (κ1) is 19.6. The van der Waals surface area contributed by atoms with E-state index in [1.807, 2.05) is 30.3 Å². The Morgan fingerprint density at radius 1 is 0.964 bits per heavy atom. The predicted molar refractivity (Wildman–Crippen MR) is 100 cm³/mol. The van der Waals surface area contributed by atoms with Crippen LogP contribution in [0.3, 0.4) is 0 Å². The van der Waals surface area contributed by atoms with Crippen LogP contribution < -0.4 is 10.6 Å². The highest BCUT2D eigenvalue weighted by atomic mass is 32.1. The number of carbonyl (C=O) groups excluding carboxylic acids is 2. The first-order chi connectivity index (χ1) is 13.3. The van der Waals surface area contributed by atoms with Crippen LogP contribution >= 0.6 is 11.3 Å². The molecular formula is C19H14F3N3O2S.